The van der Waals surface area contributed by atoms with E-state index in [1.807, 2.05) is 42.5 Å². The zero-order valence-corrected chi connectivity index (χ0v) is 17.8. The molecule has 0 amide bonds. The summed E-state index contributed by atoms with van der Waals surface area (Å²) in [5.74, 6) is 1.31. The molecule has 0 bridgehead atoms. The molecule has 32 heavy (non-hydrogen) atoms. The van der Waals surface area contributed by atoms with Crippen LogP contribution in [0.3, 0.4) is 0 Å². The molecule has 2 aromatic carbocycles. The maximum Gasteiger partial charge on any atom is 0.259 e. The Balaban J connectivity index is 1.48. The molecule has 1 saturated heterocycles. The second-order valence-corrected chi connectivity index (χ2v) is 7.61. The van der Waals surface area contributed by atoms with Gasteiger partial charge in [0, 0.05) is 47.8 Å². The van der Waals surface area contributed by atoms with Crippen molar-refractivity contribution >= 4 is 28.0 Å². The highest BCUT2D eigenvalue weighted by Gasteiger charge is 2.14. The van der Waals surface area contributed by atoms with Crippen LogP contribution in [0, 0.1) is 0 Å². The summed E-state index contributed by atoms with van der Waals surface area (Å²) >= 11 is 0. The molecule has 1 aliphatic rings. The lowest BCUT2D eigenvalue weighted by molar-refractivity contribution is 0.122. The lowest BCUT2D eigenvalue weighted by atomic mass is 10.0. The summed E-state index contributed by atoms with van der Waals surface area (Å²) in [4.78, 5) is 22.4. The minimum atomic E-state index is -0.183. The standard InChI is InChI=1S/C25H24N4O3/c1-31-20-8-2-17(3-9-20)22-16-27-25(30)23-21(22)10-11-26-24(23)28-18-4-6-19(7-5-18)29-12-14-32-15-13-29/h2-11,16H,12-15H2,1H3,(H,26,28)(H,27,30). The van der Waals surface area contributed by atoms with Crippen molar-refractivity contribution in [1.29, 1.82) is 0 Å². The van der Waals surface area contributed by atoms with Crippen molar-refractivity contribution in [3.8, 4) is 16.9 Å². The smallest absolute Gasteiger partial charge is 0.259 e. The van der Waals surface area contributed by atoms with E-state index in [9.17, 15) is 4.79 Å². The van der Waals surface area contributed by atoms with Gasteiger partial charge in [0.25, 0.3) is 5.56 Å². The van der Waals surface area contributed by atoms with Crippen molar-refractivity contribution in [1.82, 2.24) is 9.97 Å². The van der Waals surface area contributed by atoms with Gasteiger partial charge in [0.05, 0.1) is 25.7 Å². The third kappa shape index (κ3) is 3.90. The number of methoxy groups -OCH3 is 1. The van der Waals surface area contributed by atoms with Crippen molar-refractivity contribution in [3.05, 3.63) is 77.3 Å². The van der Waals surface area contributed by atoms with Crippen LogP contribution in [0.4, 0.5) is 17.2 Å². The van der Waals surface area contributed by atoms with Gasteiger partial charge in [0.1, 0.15) is 11.6 Å². The maximum absolute atomic E-state index is 12.8. The monoisotopic (exact) mass is 428 g/mol. The van der Waals surface area contributed by atoms with Crippen molar-refractivity contribution in [2.45, 2.75) is 0 Å². The molecule has 7 heteroatoms. The number of hydrogen-bond donors (Lipinski definition) is 2. The number of nitrogens with one attached hydrogen (secondary N) is 2. The average Bonchev–Trinajstić information content (AvgIpc) is 2.85. The van der Waals surface area contributed by atoms with Gasteiger partial charge in [-0.1, -0.05) is 12.1 Å². The van der Waals surface area contributed by atoms with E-state index in [1.165, 1.54) is 0 Å². The molecule has 4 aromatic rings. The van der Waals surface area contributed by atoms with Crippen LogP contribution in [0.2, 0.25) is 0 Å². The lowest BCUT2D eigenvalue weighted by Gasteiger charge is -2.28. The Hall–Kier alpha value is -3.84. The highest BCUT2D eigenvalue weighted by atomic mass is 16.5. The largest absolute Gasteiger partial charge is 0.497 e. The van der Waals surface area contributed by atoms with E-state index in [0.29, 0.717) is 11.2 Å². The normalized spacial score (nSPS) is 13.8. The molecule has 0 saturated carbocycles. The van der Waals surface area contributed by atoms with Gasteiger partial charge >= 0.3 is 0 Å². The van der Waals surface area contributed by atoms with Crippen molar-refractivity contribution in [3.63, 3.8) is 0 Å². The SMILES string of the molecule is COc1ccc(-c2c[nH]c(=O)c3c(Nc4ccc(N5CCOCC5)cc4)nccc23)cc1. The van der Waals surface area contributed by atoms with Gasteiger partial charge < -0.3 is 24.7 Å². The Bertz CT molecular complexity index is 1280. The third-order valence-electron chi connectivity index (χ3n) is 5.72. The minimum Gasteiger partial charge on any atom is -0.497 e. The fraction of sp³-hybridized carbons (Fsp3) is 0.200. The maximum atomic E-state index is 12.8. The average molecular weight is 428 g/mol. The van der Waals surface area contributed by atoms with E-state index in [2.05, 4.69) is 32.3 Å². The number of rotatable bonds is 5. The first-order valence-electron chi connectivity index (χ1n) is 10.6. The molecule has 0 unspecified atom stereocenters. The molecular weight excluding hydrogens is 404 g/mol. The molecule has 7 nitrogen and oxygen atoms in total. The number of pyridine rings is 2. The van der Waals surface area contributed by atoms with Crippen LogP contribution < -0.4 is 20.5 Å². The summed E-state index contributed by atoms with van der Waals surface area (Å²) in [5.41, 5.74) is 3.76. The van der Waals surface area contributed by atoms with Crippen molar-refractivity contribution in [2.24, 2.45) is 0 Å². The molecule has 0 spiro atoms. The molecule has 5 rings (SSSR count). The number of morpholine rings is 1. The first-order chi connectivity index (χ1) is 15.7. The number of hydrogen-bond acceptors (Lipinski definition) is 6. The number of anilines is 3. The first-order valence-corrected chi connectivity index (χ1v) is 10.6. The number of H-pyrrole nitrogens is 1. The number of aromatic amines is 1. The topological polar surface area (TPSA) is 79.5 Å². The van der Waals surface area contributed by atoms with Crippen LogP contribution in [-0.4, -0.2) is 43.4 Å². The van der Waals surface area contributed by atoms with Crippen LogP contribution in [0.1, 0.15) is 0 Å². The minimum absolute atomic E-state index is 0.183. The molecule has 0 aliphatic carbocycles. The summed E-state index contributed by atoms with van der Waals surface area (Å²) in [6, 6.07) is 17.8. The summed E-state index contributed by atoms with van der Waals surface area (Å²) in [6.45, 7) is 3.28. The molecule has 0 atom stereocenters. The van der Waals surface area contributed by atoms with E-state index in [0.717, 1.165) is 59.9 Å². The molecule has 1 aliphatic heterocycles. The Kier molecular flexibility index (Phi) is 5.47. The van der Waals surface area contributed by atoms with E-state index in [1.54, 1.807) is 19.5 Å². The van der Waals surface area contributed by atoms with Gasteiger partial charge in [-0.25, -0.2) is 4.98 Å². The number of ether oxygens (including phenoxy) is 2. The molecule has 162 valence electrons. The summed E-state index contributed by atoms with van der Waals surface area (Å²) < 4.78 is 10.7. The number of nitrogens with zero attached hydrogens (tertiary/aromatic N) is 2. The van der Waals surface area contributed by atoms with Gasteiger partial charge in [-0.15, -0.1) is 0 Å². The molecule has 0 radical (unpaired) electrons. The van der Waals surface area contributed by atoms with Crippen LogP contribution in [-0.2, 0) is 4.74 Å². The number of fused-ring (bicyclic) bond motifs is 1. The zero-order valence-electron chi connectivity index (χ0n) is 17.8. The predicted octanol–water partition coefficient (Wildman–Crippen LogP) is 4.18. The Morgan fingerprint density at radius 1 is 1.03 bits per heavy atom. The third-order valence-corrected chi connectivity index (χ3v) is 5.72. The summed E-state index contributed by atoms with van der Waals surface area (Å²) in [7, 11) is 1.64. The van der Waals surface area contributed by atoms with Crippen LogP contribution >= 0.6 is 0 Å². The quantitative estimate of drug-likeness (QED) is 0.497. The summed E-state index contributed by atoms with van der Waals surface area (Å²) in [6.07, 6.45) is 3.46. The summed E-state index contributed by atoms with van der Waals surface area (Å²) in [5, 5.41) is 4.68. The van der Waals surface area contributed by atoms with Crippen molar-refractivity contribution < 1.29 is 9.47 Å². The van der Waals surface area contributed by atoms with Crippen LogP contribution in [0.15, 0.2) is 71.8 Å². The Morgan fingerprint density at radius 2 is 1.78 bits per heavy atom. The lowest BCUT2D eigenvalue weighted by Crippen LogP contribution is -2.36. The van der Waals surface area contributed by atoms with E-state index in [4.69, 9.17) is 9.47 Å². The Morgan fingerprint density at radius 3 is 2.50 bits per heavy atom. The molecule has 2 aromatic heterocycles. The first kappa shape index (κ1) is 20.1. The van der Waals surface area contributed by atoms with E-state index < -0.39 is 0 Å². The second-order valence-electron chi connectivity index (χ2n) is 7.61. The van der Waals surface area contributed by atoms with Gasteiger partial charge in [-0.05, 0) is 48.0 Å². The predicted molar refractivity (Wildman–Crippen MR) is 127 cm³/mol. The van der Waals surface area contributed by atoms with Gasteiger partial charge in [0.2, 0.25) is 0 Å². The van der Waals surface area contributed by atoms with Crippen LogP contribution in [0.25, 0.3) is 21.9 Å². The highest BCUT2D eigenvalue weighted by molar-refractivity contribution is 6.01. The van der Waals surface area contributed by atoms with Gasteiger partial charge in [-0.3, -0.25) is 4.79 Å². The number of aromatic nitrogens is 2. The second kappa shape index (κ2) is 8.72. The Labute approximate surface area is 185 Å². The van der Waals surface area contributed by atoms with Gasteiger partial charge in [-0.2, -0.15) is 0 Å². The fourth-order valence-corrected chi connectivity index (χ4v) is 4.02. The molecular formula is C25H24N4O3. The highest BCUT2D eigenvalue weighted by Crippen LogP contribution is 2.31. The molecule has 3 heterocycles. The van der Waals surface area contributed by atoms with Gasteiger partial charge in [0.15, 0.2) is 0 Å². The van der Waals surface area contributed by atoms with E-state index in [-0.39, 0.29) is 5.56 Å². The zero-order chi connectivity index (χ0) is 21.9. The fourth-order valence-electron chi connectivity index (χ4n) is 4.02. The van der Waals surface area contributed by atoms with E-state index >= 15 is 0 Å². The molecule has 2 N–H and O–H groups in total. The number of benzene rings is 2. The van der Waals surface area contributed by atoms with Crippen molar-refractivity contribution in [2.75, 3.05) is 43.6 Å². The van der Waals surface area contributed by atoms with Crippen LogP contribution in [0.5, 0.6) is 5.75 Å². The molecule has 1 fully saturated rings.